The minimum absolute atomic E-state index is 0. The van der Waals surface area contributed by atoms with Crippen molar-refractivity contribution in [1.82, 2.24) is 0 Å². The van der Waals surface area contributed by atoms with Crippen molar-refractivity contribution in [1.29, 1.82) is 0 Å². The molecule has 0 aliphatic heterocycles. The van der Waals surface area contributed by atoms with Crippen LogP contribution in [-0.4, -0.2) is 60.1 Å². The average molecular weight is 326 g/mol. The van der Waals surface area contributed by atoms with Gasteiger partial charge in [-0.05, 0) is 13.1 Å². The molecule has 0 rings (SSSR count). The first kappa shape index (κ1) is 22.6. The van der Waals surface area contributed by atoms with E-state index in [-0.39, 0.29) is 19.5 Å². The molecule has 0 heterocycles. The van der Waals surface area contributed by atoms with Gasteiger partial charge in [0.25, 0.3) is 11.9 Å². The normalized spacial score (nSPS) is 8.11. The van der Waals surface area contributed by atoms with E-state index < -0.39 is 49.9 Å². The predicted octanol–water partition coefficient (Wildman–Crippen LogP) is 0.0445. The summed E-state index contributed by atoms with van der Waals surface area (Å²) in [5, 5.41) is 21.9. The van der Waals surface area contributed by atoms with Crippen molar-refractivity contribution in [3.63, 3.8) is 0 Å². The Morgan fingerprint density at radius 2 is 1.05 bits per heavy atom. The van der Waals surface area contributed by atoms with Crippen LogP contribution in [0.25, 0.3) is 22.1 Å². The van der Waals surface area contributed by atoms with Gasteiger partial charge in [0, 0.05) is 31.3 Å². The maximum atomic E-state index is 10.1. The number of carboxylic acid groups (broad SMARTS) is 2. The number of nitrogens with one attached hydrogen (secondary N) is 2. The third-order valence-corrected chi connectivity index (χ3v) is 1.08. The van der Waals surface area contributed by atoms with Gasteiger partial charge in [0.1, 0.15) is 0 Å². The molecule has 0 aromatic rings. The third-order valence-electron chi connectivity index (χ3n) is 1.08. The number of carbonyl (C=O) groups excluding carboxylic acids is 2. The van der Waals surface area contributed by atoms with Crippen molar-refractivity contribution in [2.75, 3.05) is 26.2 Å². The van der Waals surface area contributed by atoms with E-state index in [0.29, 0.717) is 0 Å². The fourth-order valence-electron chi connectivity index (χ4n) is 0.423. The topological polar surface area (TPSA) is 185 Å². The van der Waals surface area contributed by atoms with Crippen molar-refractivity contribution >= 4 is 23.8 Å². The molecule has 2 amide bonds. The summed E-state index contributed by atoms with van der Waals surface area (Å²) in [6.07, 6.45) is 0. The molecule has 0 aromatic heterocycles. The Balaban J connectivity index is -0.000000256. The second-order valence-electron chi connectivity index (χ2n) is 2.56. The second kappa shape index (κ2) is 14.5. The molecule has 10 nitrogen and oxygen atoms in total. The van der Waals surface area contributed by atoms with Crippen molar-refractivity contribution in [2.45, 2.75) is 0 Å². The molecule has 0 aromatic carbocycles. The van der Waals surface area contributed by atoms with Crippen LogP contribution >= 0.6 is 0 Å². The van der Waals surface area contributed by atoms with Crippen LogP contribution < -0.4 is 0 Å². The van der Waals surface area contributed by atoms with E-state index in [2.05, 4.69) is 10.6 Å². The maximum absolute atomic E-state index is 10.1. The summed E-state index contributed by atoms with van der Waals surface area (Å²) in [6, 6.07) is 0. The number of aliphatic carboxylic acids is 2. The van der Waals surface area contributed by atoms with E-state index in [0.717, 1.165) is 0 Å². The molecule has 0 spiro atoms. The number of nitrogens with zero attached hydrogens (tertiary/aromatic N) is 2. The van der Waals surface area contributed by atoms with Crippen LogP contribution in [-0.2, 0) is 38.7 Å². The Hall–Kier alpha value is -1.58. The Kier molecular flexibility index (Phi) is 17.2. The standard InChI is InChI=1S/2C4H7N2O3.Zn/c2*5-1-3(7)6-2-4(8)9;/h2*5H,1-2H2,(H2,6,7,8,9);/q2*-1;/p-2. The molecule has 0 aliphatic carbocycles. The molecular weight excluding hydrogens is 313 g/mol. The monoisotopic (exact) mass is 324 g/mol. The first-order valence-corrected chi connectivity index (χ1v) is 4.46. The quantitative estimate of drug-likeness (QED) is 0.649. The summed E-state index contributed by atoms with van der Waals surface area (Å²) in [5.74, 6) is -3.71. The van der Waals surface area contributed by atoms with Crippen molar-refractivity contribution in [2.24, 2.45) is 0 Å². The first-order chi connectivity index (χ1) is 8.33. The zero-order chi connectivity index (χ0) is 14.6. The predicted molar refractivity (Wildman–Crippen MR) is 60.1 cm³/mol. The molecule has 0 radical (unpaired) electrons. The van der Waals surface area contributed by atoms with Crippen LogP contribution in [0.2, 0.25) is 0 Å². The van der Waals surface area contributed by atoms with Gasteiger partial charge in [-0.15, -0.1) is 13.1 Å². The fourth-order valence-corrected chi connectivity index (χ4v) is 0.423. The van der Waals surface area contributed by atoms with Crippen LogP contribution in [0.4, 0.5) is 0 Å². The summed E-state index contributed by atoms with van der Waals surface area (Å²) < 4.78 is 0. The molecule has 19 heavy (non-hydrogen) atoms. The van der Waals surface area contributed by atoms with Gasteiger partial charge in [-0.25, -0.2) is 0 Å². The Morgan fingerprint density at radius 1 is 0.789 bits per heavy atom. The van der Waals surface area contributed by atoms with Crippen LogP contribution in [0, 0.1) is 0 Å². The third kappa shape index (κ3) is 22.1. The van der Waals surface area contributed by atoms with E-state index in [4.69, 9.17) is 21.7 Å². The minimum atomic E-state index is -1.16. The number of rotatable bonds is 6. The van der Waals surface area contributed by atoms with Crippen LogP contribution in [0.5, 0.6) is 0 Å². The number of amides is 2. The van der Waals surface area contributed by atoms with Gasteiger partial charge in [-0.1, -0.05) is 0 Å². The Morgan fingerprint density at radius 3 is 1.21 bits per heavy atom. The van der Waals surface area contributed by atoms with Gasteiger partial charge in [0.15, 0.2) is 0 Å². The number of hydrogen-bond acceptors (Lipinski definition) is 4. The Labute approximate surface area is 121 Å². The van der Waals surface area contributed by atoms with E-state index >= 15 is 0 Å². The van der Waals surface area contributed by atoms with Gasteiger partial charge < -0.3 is 41.9 Å². The van der Waals surface area contributed by atoms with Crippen LogP contribution in [0.3, 0.4) is 0 Å². The minimum Gasteiger partial charge on any atom is -0.673 e. The molecule has 4 N–H and O–H groups in total. The van der Waals surface area contributed by atoms with Gasteiger partial charge in [0.2, 0.25) is 0 Å². The molecule has 0 saturated heterocycles. The molecule has 0 unspecified atom stereocenters. The zero-order valence-electron chi connectivity index (χ0n) is 9.96. The summed E-state index contributed by atoms with van der Waals surface area (Å²) >= 11 is 0. The summed E-state index contributed by atoms with van der Waals surface area (Å²) in [6.45, 7) is -2.02. The Bertz CT molecular complexity index is 282. The van der Waals surface area contributed by atoms with Crippen LogP contribution in [0.15, 0.2) is 0 Å². The van der Waals surface area contributed by atoms with Gasteiger partial charge in [-0.3, -0.25) is 9.59 Å². The van der Waals surface area contributed by atoms with E-state index in [9.17, 15) is 19.2 Å². The molecule has 11 heteroatoms. The van der Waals surface area contributed by atoms with E-state index in [1.165, 1.54) is 0 Å². The molecule has 0 saturated carbocycles. The molecule has 106 valence electrons. The second-order valence-corrected chi connectivity index (χ2v) is 2.56. The van der Waals surface area contributed by atoms with Crippen molar-refractivity contribution in [3.05, 3.63) is 22.1 Å². The van der Waals surface area contributed by atoms with E-state index in [1.807, 2.05) is 0 Å². The van der Waals surface area contributed by atoms with Gasteiger partial charge in [0.05, 0.1) is 0 Å². The number of carbonyl (C=O) groups is 4. The smallest absolute Gasteiger partial charge is 0.285 e. The van der Waals surface area contributed by atoms with Gasteiger partial charge >= 0.3 is 0 Å². The largest absolute Gasteiger partial charge is 0.673 e. The zero-order valence-corrected chi connectivity index (χ0v) is 12.9. The number of carboxylic acids is 2. The number of hydrogen-bond donors (Lipinski definition) is 2. The molecule has 0 aliphatic rings. The summed E-state index contributed by atoms with van der Waals surface area (Å²) in [5.41, 5.74) is 12.8. The first-order valence-electron chi connectivity index (χ1n) is 4.46. The van der Waals surface area contributed by atoms with Gasteiger partial charge in [-0.2, -0.15) is 0 Å². The molecular formula is C8H12N4O6Zn-4. The van der Waals surface area contributed by atoms with Crippen LogP contribution in [0.1, 0.15) is 0 Å². The molecule has 0 bridgehead atoms. The summed E-state index contributed by atoms with van der Waals surface area (Å²) in [7, 11) is 0. The molecule has 0 atom stereocenters. The van der Waals surface area contributed by atoms with Crippen molar-refractivity contribution in [3.8, 4) is 0 Å². The fraction of sp³-hybridized carbons (Fsp3) is 0.500. The summed E-state index contributed by atoms with van der Waals surface area (Å²) in [4.78, 5) is 39.6. The SMILES string of the molecule is [NH-]CC(=O)[N-]CC(=O)O.[NH-]CC(=O)[N-]CC(=O)O.[Zn]. The van der Waals surface area contributed by atoms with Crippen molar-refractivity contribution < 1.29 is 48.9 Å². The van der Waals surface area contributed by atoms with E-state index in [1.54, 1.807) is 0 Å². The maximum Gasteiger partial charge on any atom is 0.285 e. The average Bonchev–Trinajstić information content (AvgIpc) is 2.33. The molecule has 0 fully saturated rings.